The summed E-state index contributed by atoms with van der Waals surface area (Å²) >= 11 is 0. The molecule has 5 nitrogen and oxygen atoms in total. The summed E-state index contributed by atoms with van der Waals surface area (Å²) in [7, 11) is 0. The normalized spacial score (nSPS) is 30.1. The smallest absolute Gasteiger partial charge is 0.332 e. The number of carbonyl (C=O) groups excluding carboxylic acids is 1. The second kappa shape index (κ2) is 6.18. The first-order valence-electron chi connectivity index (χ1n) is 8.00. The van der Waals surface area contributed by atoms with E-state index in [2.05, 4.69) is 0 Å². The summed E-state index contributed by atoms with van der Waals surface area (Å²) in [5.74, 6) is -0.300. The SMILES string of the molecule is O=C(O)[C@H]1CC[C@@H](C2CCN(C(=O)C=C3CCC3)CC2)O1. The number of likely N-dealkylation sites (tertiary alicyclic amines) is 1. The van der Waals surface area contributed by atoms with Gasteiger partial charge < -0.3 is 14.7 Å². The van der Waals surface area contributed by atoms with E-state index < -0.39 is 12.1 Å². The molecule has 1 saturated carbocycles. The van der Waals surface area contributed by atoms with Crippen molar-refractivity contribution in [3.63, 3.8) is 0 Å². The number of hydrogen-bond acceptors (Lipinski definition) is 3. The number of amides is 1. The van der Waals surface area contributed by atoms with E-state index in [1.54, 1.807) is 0 Å². The fourth-order valence-corrected chi connectivity index (χ4v) is 3.47. The number of ether oxygens (including phenoxy) is 1. The number of hydrogen-bond donors (Lipinski definition) is 1. The third kappa shape index (κ3) is 3.28. The Kier molecular flexibility index (Phi) is 4.29. The van der Waals surface area contributed by atoms with Crippen molar-refractivity contribution in [3.8, 4) is 0 Å². The quantitative estimate of drug-likeness (QED) is 0.808. The van der Waals surface area contributed by atoms with Gasteiger partial charge in [0, 0.05) is 19.2 Å². The molecule has 0 bridgehead atoms. The van der Waals surface area contributed by atoms with Crippen LogP contribution < -0.4 is 0 Å². The van der Waals surface area contributed by atoms with Crippen LogP contribution in [0.15, 0.2) is 11.6 Å². The van der Waals surface area contributed by atoms with E-state index in [-0.39, 0.29) is 12.0 Å². The third-order valence-electron chi connectivity index (χ3n) is 5.03. The van der Waals surface area contributed by atoms with E-state index in [1.165, 1.54) is 12.0 Å². The van der Waals surface area contributed by atoms with Gasteiger partial charge in [0.2, 0.25) is 5.91 Å². The number of allylic oxidation sites excluding steroid dienone is 1. The molecule has 0 aromatic rings. The molecule has 0 aromatic heterocycles. The molecule has 0 radical (unpaired) electrons. The van der Waals surface area contributed by atoms with Crippen molar-refractivity contribution in [2.75, 3.05) is 13.1 Å². The summed E-state index contributed by atoms with van der Waals surface area (Å²) in [5, 5.41) is 8.97. The number of piperidine rings is 1. The molecule has 3 rings (SSSR count). The van der Waals surface area contributed by atoms with E-state index in [9.17, 15) is 9.59 Å². The summed E-state index contributed by atoms with van der Waals surface area (Å²) in [6.45, 7) is 1.54. The van der Waals surface area contributed by atoms with Crippen LogP contribution in [0.4, 0.5) is 0 Å². The van der Waals surface area contributed by atoms with E-state index in [0.717, 1.165) is 45.2 Å². The number of rotatable bonds is 3. The fourth-order valence-electron chi connectivity index (χ4n) is 3.47. The summed E-state index contributed by atoms with van der Waals surface area (Å²) in [6.07, 6.45) is 7.92. The van der Waals surface area contributed by atoms with Gasteiger partial charge in [0.15, 0.2) is 6.10 Å². The maximum absolute atomic E-state index is 12.1. The summed E-state index contributed by atoms with van der Waals surface area (Å²) in [5.41, 5.74) is 1.28. The van der Waals surface area contributed by atoms with Gasteiger partial charge in [0.25, 0.3) is 0 Å². The van der Waals surface area contributed by atoms with Crippen LogP contribution in [-0.4, -0.2) is 47.2 Å². The van der Waals surface area contributed by atoms with E-state index in [1.807, 2.05) is 11.0 Å². The monoisotopic (exact) mass is 293 g/mol. The van der Waals surface area contributed by atoms with Gasteiger partial charge in [-0.15, -0.1) is 0 Å². The molecule has 0 aromatic carbocycles. The molecule has 2 heterocycles. The molecule has 21 heavy (non-hydrogen) atoms. The van der Waals surface area contributed by atoms with Crippen LogP contribution in [0.1, 0.15) is 44.9 Å². The first kappa shape index (κ1) is 14.6. The van der Waals surface area contributed by atoms with E-state index in [0.29, 0.717) is 12.3 Å². The number of aliphatic carboxylic acids is 1. The molecule has 0 spiro atoms. The molecule has 1 N–H and O–H groups in total. The van der Waals surface area contributed by atoms with E-state index in [4.69, 9.17) is 9.84 Å². The van der Waals surface area contributed by atoms with Gasteiger partial charge >= 0.3 is 5.97 Å². The molecule has 3 fully saturated rings. The first-order chi connectivity index (χ1) is 10.1. The minimum Gasteiger partial charge on any atom is -0.479 e. The van der Waals surface area contributed by atoms with Gasteiger partial charge in [-0.2, -0.15) is 0 Å². The number of carbonyl (C=O) groups is 2. The average Bonchev–Trinajstić information content (AvgIpc) is 2.93. The molecule has 3 aliphatic rings. The lowest BCUT2D eigenvalue weighted by atomic mass is 9.89. The largest absolute Gasteiger partial charge is 0.479 e. The van der Waals surface area contributed by atoms with Gasteiger partial charge in [-0.25, -0.2) is 4.79 Å². The highest BCUT2D eigenvalue weighted by atomic mass is 16.5. The average molecular weight is 293 g/mol. The molecule has 1 amide bonds. The minimum atomic E-state index is -0.850. The van der Waals surface area contributed by atoms with Crippen molar-refractivity contribution in [1.29, 1.82) is 0 Å². The fraction of sp³-hybridized carbons (Fsp3) is 0.750. The highest BCUT2D eigenvalue weighted by Crippen LogP contribution is 2.32. The molecule has 2 aliphatic heterocycles. The predicted octanol–water partition coefficient (Wildman–Crippen LogP) is 1.97. The Balaban J connectivity index is 1.47. The van der Waals surface area contributed by atoms with E-state index >= 15 is 0 Å². The Morgan fingerprint density at radius 1 is 1.14 bits per heavy atom. The van der Waals surface area contributed by atoms with Crippen LogP contribution in [0.25, 0.3) is 0 Å². The Hall–Kier alpha value is -1.36. The van der Waals surface area contributed by atoms with Gasteiger partial charge in [-0.3, -0.25) is 4.79 Å². The first-order valence-corrected chi connectivity index (χ1v) is 8.00. The third-order valence-corrected chi connectivity index (χ3v) is 5.03. The van der Waals surface area contributed by atoms with Crippen LogP contribution in [0.3, 0.4) is 0 Å². The summed E-state index contributed by atoms with van der Waals surface area (Å²) < 4.78 is 5.63. The molecule has 0 unspecified atom stereocenters. The van der Waals surface area contributed by atoms with Gasteiger partial charge in [0.05, 0.1) is 6.10 Å². The number of nitrogens with zero attached hydrogens (tertiary/aromatic N) is 1. The Morgan fingerprint density at radius 3 is 2.38 bits per heavy atom. The highest BCUT2D eigenvalue weighted by Gasteiger charge is 2.37. The van der Waals surface area contributed by atoms with Crippen LogP contribution in [-0.2, 0) is 14.3 Å². The molecule has 2 saturated heterocycles. The lowest BCUT2D eigenvalue weighted by molar-refractivity contribution is -0.150. The van der Waals surface area contributed by atoms with Crippen molar-refractivity contribution in [2.45, 2.75) is 57.2 Å². The molecule has 116 valence electrons. The Bertz CT molecular complexity index is 445. The lowest BCUT2D eigenvalue weighted by Crippen LogP contribution is -2.41. The van der Waals surface area contributed by atoms with Crippen LogP contribution in [0.2, 0.25) is 0 Å². The summed E-state index contributed by atoms with van der Waals surface area (Å²) in [6, 6.07) is 0. The molecule has 5 heteroatoms. The zero-order valence-corrected chi connectivity index (χ0v) is 12.3. The maximum Gasteiger partial charge on any atom is 0.332 e. The number of carboxylic acids is 1. The Labute approximate surface area is 124 Å². The van der Waals surface area contributed by atoms with Gasteiger partial charge in [-0.1, -0.05) is 5.57 Å². The predicted molar refractivity (Wildman–Crippen MR) is 76.8 cm³/mol. The minimum absolute atomic E-state index is 0.0633. The topological polar surface area (TPSA) is 66.8 Å². The zero-order chi connectivity index (χ0) is 14.8. The van der Waals surface area contributed by atoms with Crippen LogP contribution in [0, 0.1) is 5.92 Å². The highest BCUT2D eigenvalue weighted by molar-refractivity contribution is 5.88. The number of carboxylic acid groups (broad SMARTS) is 1. The second-order valence-corrected chi connectivity index (χ2v) is 6.40. The zero-order valence-electron chi connectivity index (χ0n) is 12.3. The van der Waals surface area contributed by atoms with Crippen LogP contribution in [0.5, 0.6) is 0 Å². The van der Waals surface area contributed by atoms with Crippen molar-refractivity contribution in [2.24, 2.45) is 5.92 Å². The van der Waals surface area contributed by atoms with Crippen molar-refractivity contribution in [1.82, 2.24) is 4.90 Å². The molecular formula is C16H23NO4. The van der Waals surface area contributed by atoms with Crippen molar-refractivity contribution >= 4 is 11.9 Å². The summed E-state index contributed by atoms with van der Waals surface area (Å²) in [4.78, 5) is 25.0. The molecule has 2 atom stereocenters. The van der Waals surface area contributed by atoms with Gasteiger partial charge in [-0.05, 0) is 50.9 Å². The van der Waals surface area contributed by atoms with Crippen LogP contribution >= 0.6 is 0 Å². The van der Waals surface area contributed by atoms with Gasteiger partial charge in [0.1, 0.15) is 0 Å². The lowest BCUT2D eigenvalue weighted by Gasteiger charge is -2.34. The molecule has 1 aliphatic carbocycles. The maximum atomic E-state index is 12.1. The molecular weight excluding hydrogens is 270 g/mol. The standard InChI is InChI=1S/C16H23NO4/c18-15(10-11-2-1-3-11)17-8-6-12(7-9-17)13-4-5-14(21-13)16(19)20/h10,12-14H,1-9H2,(H,19,20)/t13-,14+/m0/s1. The van der Waals surface area contributed by atoms with Crippen molar-refractivity contribution in [3.05, 3.63) is 11.6 Å². The van der Waals surface area contributed by atoms with Crippen molar-refractivity contribution < 1.29 is 19.4 Å². The Morgan fingerprint density at radius 2 is 1.86 bits per heavy atom. The second-order valence-electron chi connectivity index (χ2n) is 6.40.